The van der Waals surface area contributed by atoms with Crippen molar-refractivity contribution in [3.63, 3.8) is 0 Å². The van der Waals surface area contributed by atoms with Gasteiger partial charge in [0.25, 0.3) is 5.56 Å². The van der Waals surface area contributed by atoms with Gasteiger partial charge in [-0.25, -0.2) is 4.79 Å². The number of nitrogens with zero attached hydrogens (tertiary/aromatic N) is 1. The molecule has 0 aliphatic carbocycles. The number of esters is 1. The van der Waals surface area contributed by atoms with E-state index in [-0.39, 0.29) is 17.4 Å². The zero-order valence-electron chi connectivity index (χ0n) is 12.5. The van der Waals surface area contributed by atoms with Crippen molar-refractivity contribution in [2.75, 3.05) is 20.8 Å². The molecule has 6 nitrogen and oxygen atoms in total. The van der Waals surface area contributed by atoms with Crippen LogP contribution >= 0.6 is 0 Å². The zero-order chi connectivity index (χ0) is 15.2. The second-order valence-corrected chi connectivity index (χ2v) is 5.06. The number of carbonyl (C=O) groups excluding carboxylic acids is 1. The van der Waals surface area contributed by atoms with Crippen molar-refractivity contribution in [2.24, 2.45) is 0 Å². The minimum atomic E-state index is -0.490. The van der Waals surface area contributed by atoms with Gasteiger partial charge in [-0.3, -0.25) is 4.79 Å². The van der Waals surface area contributed by atoms with Crippen molar-refractivity contribution in [3.8, 4) is 5.75 Å². The third-order valence-electron chi connectivity index (χ3n) is 3.66. The molecule has 1 saturated heterocycles. The minimum Gasteiger partial charge on any atom is -0.491 e. The number of hydrogen-bond donors (Lipinski definition) is 0. The average molecular weight is 295 g/mol. The summed E-state index contributed by atoms with van der Waals surface area (Å²) in [6.45, 7) is 1.27. The third kappa shape index (κ3) is 3.85. The van der Waals surface area contributed by atoms with Gasteiger partial charge in [-0.1, -0.05) is 0 Å². The minimum absolute atomic E-state index is 0.141. The molecular weight excluding hydrogens is 274 g/mol. The van der Waals surface area contributed by atoms with E-state index < -0.39 is 5.97 Å². The van der Waals surface area contributed by atoms with E-state index in [1.807, 2.05) is 0 Å². The van der Waals surface area contributed by atoms with E-state index in [0.717, 1.165) is 32.3 Å². The highest BCUT2D eigenvalue weighted by atomic mass is 16.5. The molecule has 0 spiro atoms. The third-order valence-corrected chi connectivity index (χ3v) is 3.66. The summed E-state index contributed by atoms with van der Waals surface area (Å²) in [6.07, 6.45) is 5.71. The first-order valence-corrected chi connectivity index (χ1v) is 7.14. The fourth-order valence-electron chi connectivity index (χ4n) is 2.47. The lowest BCUT2D eigenvalue weighted by Crippen LogP contribution is -2.27. The van der Waals surface area contributed by atoms with Gasteiger partial charge in [0.1, 0.15) is 0 Å². The summed E-state index contributed by atoms with van der Waals surface area (Å²) in [5.41, 5.74) is 0.0551. The molecule has 0 N–H and O–H groups in total. The van der Waals surface area contributed by atoms with Crippen LogP contribution in [0, 0.1) is 0 Å². The van der Waals surface area contributed by atoms with E-state index >= 15 is 0 Å². The van der Waals surface area contributed by atoms with Crippen LogP contribution in [0.1, 0.15) is 36.0 Å². The van der Waals surface area contributed by atoms with Crippen molar-refractivity contribution in [3.05, 3.63) is 28.2 Å². The number of ether oxygens (including phenoxy) is 3. The van der Waals surface area contributed by atoms with Crippen molar-refractivity contribution in [1.29, 1.82) is 0 Å². The molecule has 0 saturated carbocycles. The number of carbonyl (C=O) groups is 1. The van der Waals surface area contributed by atoms with Crippen molar-refractivity contribution in [2.45, 2.75) is 38.3 Å². The van der Waals surface area contributed by atoms with Crippen molar-refractivity contribution >= 4 is 5.97 Å². The number of hydrogen-bond acceptors (Lipinski definition) is 5. The van der Waals surface area contributed by atoms with Crippen LogP contribution in [0.25, 0.3) is 0 Å². The fourth-order valence-corrected chi connectivity index (χ4v) is 2.47. The standard InChI is InChI=1S/C15H21NO5/c1-19-13-9-11(15(18)20-2)10-16(14(13)17)7-6-12-5-3-4-8-21-12/h9-10,12H,3-8H2,1-2H3. The Bertz CT molecular complexity index is 545. The quantitative estimate of drug-likeness (QED) is 0.772. The van der Waals surface area contributed by atoms with E-state index in [1.54, 1.807) is 0 Å². The highest BCUT2D eigenvalue weighted by Crippen LogP contribution is 2.16. The largest absolute Gasteiger partial charge is 0.491 e. The van der Waals surface area contributed by atoms with Gasteiger partial charge in [0.2, 0.25) is 0 Å². The van der Waals surface area contributed by atoms with Crippen molar-refractivity contribution < 1.29 is 19.0 Å². The zero-order valence-corrected chi connectivity index (χ0v) is 12.5. The Morgan fingerprint density at radius 3 is 2.86 bits per heavy atom. The molecule has 0 bridgehead atoms. The maximum atomic E-state index is 12.2. The lowest BCUT2D eigenvalue weighted by atomic mass is 10.1. The molecule has 1 aromatic heterocycles. The summed E-state index contributed by atoms with van der Waals surface area (Å²) in [4.78, 5) is 23.8. The predicted molar refractivity (Wildman–Crippen MR) is 76.8 cm³/mol. The van der Waals surface area contributed by atoms with Gasteiger partial charge in [0.15, 0.2) is 5.75 Å². The van der Waals surface area contributed by atoms with Gasteiger partial charge >= 0.3 is 5.97 Å². The first kappa shape index (κ1) is 15.6. The van der Waals surface area contributed by atoms with Crippen LogP contribution in [0.2, 0.25) is 0 Å². The van der Waals surface area contributed by atoms with Crippen LogP contribution < -0.4 is 10.3 Å². The fraction of sp³-hybridized carbons (Fsp3) is 0.600. The summed E-state index contributed by atoms with van der Waals surface area (Å²) in [6, 6.07) is 1.40. The molecule has 1 atom stereocenters. The van der Waals surface area contributed by atoms with Crippen LogP contribution in [0.4, 0.5) is 0 Å². The second kappa shape index (κ2) is 7.26. The molecule has 1 unspecified atom stereocenters. The van der Waals surface area contributed by atoms with Crippen LogP contribution in [0.15, 0.2) is 17.1 Å². The molecule has 1 fully saturated rings. The second-order valence-electron chi connectivity index (χ2n) is 5.06. The highest BCUT2D eigenvalue weighted by molar-refractivity contribution is 5.89. The Labute approximate surface area is 123 Å². The molecule has 21 heavy (non-hydrogen) atoms. The highest BCUT2D eigenvalue weighted by Gasteiger charge is 2.16. The summed E-state index contributed by atoms with van der Waals surface area (Å²) < 4.78 is 16.9. The van der Waals surface area contributed by atoms with Crippen molar-refractivity contribution in [1.82, 2.24) is 4.57 Å². The van der Waals surface area contributed by atoms with Crippen LogP contribution in [0.5, 0.6) is 5.75 Å². The average Bonchev–Trinajstić information content (AvgIpc) is 2.54. The molecule has 0 radical (unpaired) electrons. The van der Waals surface area contributed by atoms with Gasteiger partial charge in [0.05, 0.1) is 25.9 Å². The smallest absolute Gasteiger partial charge is 0.339 e. The maximum Gasteiger partial charge on any atom is 0.339 e. The van der Waals surface area contributed by atoms with Crippen LogP contribution in [-0.4, -0.2) is 37.5 Å². The van der Waals surface area contributed by atoms with Crippen LogP contribution in [-0.2, 0) is 16.0 Å². The Morgan fingerprint density at radius 2 is 2.24 bits per heavy atom. The van der Waals surface area contributed by atoms with Gasteiger partial charge in [0, 0.05) is 25.4 Å². The maximum absolute atomic E-state index is 12.2. The summed E-state index contributed by atoms with van der Waals surface area (Å²) in [5.74, 6) is -0.349. The number of rotatable bonds is 5. The van der Waals surface area contributed by atoms with Gasteiger partial charge < -0.3 is 18.8 Å². The number of aryl methyl sites for hydroxylation is 1. The number of pyridine rings is 1. The molecule has 0 aromatic carbocycles. The lowest BCUT2D eigenvalue weighted by molar-refractivity contribution is 0.00862. The normalized spacial score (nSPS) is 18.3. The molecule has 2 rings (SSSR count). The monoisotopic (exact) mass is 295 g/mol. The Morgan fingerprint density at radius 1 is 1.43 bits per heavy atom. The van der Waals surface area contributed by atoms with E-state index in [4.69, 9.17) is 14.2 Å². The Balaban J connectivity index is 2.16. The number of aromatic nitrogens is 1. The molecule has 116 valence electrons. The van der Waals surface area contributed by atoms with Crippen LogP contribution in [0.3, 0.4) is 0 Å². The summed E-state index contributed by atoms with van der Waals surface area (Å²) in [7, 11) is 2.71. The molecule has 0 amide bonds. The lowest BCUT2D eigenvalue weighted by Gasteiger charge is -2.22. The van der Waals surface area contributed by atoms with E-state index in [2.05, 4.69) is 0 Å². The van der Waals surface area contributed by atoms with E-state index in [9.17, 15) is 9.59 Å². The van der Waals surface area contributed by atoms with Gasteiger partial charge in [-0.2, -0.15) is 0 Å². The molecule has 1 aliphatic heterocycles. The van der Waals surface area contributed by atoms with E-state index in [1.165, 1.54) is 31.0 Å². The first-order valence-electron chi connectivity index (χ1n) is 7.14. The Hall–Kier alpha value is -1.82. The Kier molecular flexibility index (Phi) is 5.38. The molecule has 1 aromatic rings. The predicted octanol–water partition coefficient (Wildman–Crippen LogP) is 1.60. The molecule has 2 heterocycles. The number of methoxy groups -OCH3 is 2. The summed E-state index contributed by atoms with van der Waals surface area (Å²) in [5, 5.41) is 0. The van der Waals surface area contributed by atoms with Gasteiger partial charge in [-0.15, -0.1) is 0 Å². The SMILES string of the molecule is COC(=O)c1cc(OC)c(=O)n(CCC2CCCCO2)c1. The molecule has 6 heteroatoms. The van der Waals surface area contributed by atoms with E-state index in [0.29, 0.717) is 12.1 Å². The summed E-state index contributed by atoms with van der Waals surface area (Å²) >= 11 is 0. The molecule has 1 aliphatic rings. The van der Waals surface area contributed by atoms with Gasteiger partial charge in [-0.05, 0) is 25.7 Å². The topological polar surface area (TPSA) is 66.8 Å². The molecular formula is C15H21NO5. The first-order chi connectivity index (χ1) is 10.2.